The van der Waals surface area contributed by atoms with Gasteiger partial charge in [-0.15, -0.1) is 0 Å². The maximum absolute atomic E-state index is 12.6. The maximum Gasteiger partial charge on any atom is 0.250 e. The Balaban J connectivity index is 1.71. The second-order valence-corrected chi connectivity index (χ2v) is 6.14. The molecular weight excluding hydrogens is 348 g/mol. The van der Waals surface area contributed by atoms with Crippen molar-refractivity contribution in [1.29, 1.82) is 0 Å². The van der Waals surface area contributed by atoms with Gasteiger partial charge in [0.05, 0.1) is 31.5 Å². The summed E-state index contributed by atoms with van der Waals surface area (Å²) in [5.74, 6) is 0.517. The highest BCUT2D eigenvalue weighted by molar-refractivity contribution is 6.04. The molecule has 0 aromatic heterocycles. The molecule has 0 bridgehead atoms. The molecule has 2 aromatic rings. The van der Waals surface area contributed by atoms with Gasteiger partial charge in [0.15, 0.2) is 0 Å². The first-order valence-corrected chi connectivity index (χ1v) is 8.46. The monoisotopic (exact) mass is 370 g/mol. The normalized spacial score (nSPS) is 18.7. The van der Waals surface area contributed by atoms with Crippen LogP contribution in [0, 0.1) is 0 Å². The Morgan fingerprint density at radius 3 is 2.59 bits per heavy atom. The van der Waals surface area contributed by atoms with Gasteiger partial charge in [0.25, 0.3) is 5.91 Å². The Labute approximate surface area is 157 Å². The lowest BCUT2D eigenvalue weighted by molar-refractivity contribution is -0.117. The predicted octanol–water partition coefficient (Wildman–Crippen LogP) is 1.35. The Kier molecular flexibility index (Phi) is 5.58. The van der Waals surface area contributed by atoms with E-state index in [1.165, 1.54) is 0 Å². The van der Waals surface area contributed by atoms with E-state index in [9.17, 15) is 9.59 Å². The standard InChI is InChI=1S/C19H22N4O4/c1-26-11-7-8-12(17(9-11)27-2)15-10-16(23-22-15)19(25)21-14-6-4-3-5-13(14)18(20)24/h3-9,15-16,22-23H,10H2,1-2H3,(H2,20,24)(H,21,25). The Hall–Kier alpha value is -3.10. The number of nitrogens with one attached hydrogen (secondary N) is 3. The van der Waals surface area contributed by atoms with Crippen molar-refractivity contribution in [2.75, 3.05) is 19.5 Å². The number of benzene rings is 2. The van der Waals surface area contributed by atoms with Gasteiger partial charge in [-0.05, 0) is 24.6 Å². The number of nitrogens with two attached hydrogens (primary N) is 1. The van der Waals surface area contributed by atoms with Gasteiger partial charge in [0.1, 0.15) is 17.5 Å². The zero-order chi connectivity index (χ0) is 19.4. The van der Waals surface area contributed by atoms with E-state index in [4.69, 9.17) is 15.2 Å². The number of hydrazine groups is 1. The number of anilines is 1. The molecule has 2 atom stereocenters. The van der Waals surface area contributed by atoms with Crippen molar-refractivity contribution in [2.24, 2.45) is 5.73 Å². The maximum atomic E-state index is 12.6. The van der Waals surface area contributed by atoms with Crippen molar-refractivity contribution >= 4 is 17.5 Å². The summed E-state index contributed by atoms with van der Waals surface area (Å²) in [4.78, 5) is 24.1. The molecule has 1 aliphatic rings. The van der Waals surface area contributed by atoms with Crippen LogP contribution in [0.5, 0.6) is 11.5 Å². The van der Waals surface area contributed by atoms with Crippen LogP contribution in [-0.2, 0) is 4.79 Å². The largest absolute Gasteiger partial charge is 0.497 e. The van der Waals surface area contributed by atoms with Crippen LogP contribution in [0.4, 0.5) is 5.69 Å². The molecule has 1 fully saturated rings. The molecule has 1 heterocycles. The third kappa shape index (κ3) is 4.02. The molecule has 2 unspecified atom stereocenters. The quantitative estimate of drug-likeness (QED) is 0.610. The number of hydrogen-bond donors (Lipinski definition) is 4. The average Bonchev–Trinajstić information content (AvgIpc) is 3.17. The summed E-state index contributed by atoms with van der Waals surface area (Å²) in [5.41, 5.74) is 13.0. The van der Waals surface area contributed by atoms with Gasteiger partial charge in [-0.1, -0.05) is 18.2 Å². The molecule has 0 aliphatic carbocycles. The van der Waals surface area contributed by atoms with Crippen LogP contribution in [0.2, 0.25) is 0 Å². The molecule has 2 amide bonds. The highest BCUT2D eigenvalue weighted by Crippen LogP contribution is 2.33. The van der Waals surface area contributed by atoms with Crippen LogP contribution in [0.1, 0.15) is 28.4 Å². The number of para-hydroxylation sites is 1. The molecule has 5 N–H and O–H groups in total. The number of carbonyl (C=O) groups is 2. The number of carbonyl (C=O) groups excluding carboxylic acids is 2. The summed E-state index contributed by atoms with van der Waals surface area (Å²) < 4.78 is 10.6. The third-order valence-corrected chi connectivity index (χ3v) is 4.49. The van der Waals surface area contributed by atoms with E-state index in [0.29, 0.717) is 23.6 Å². The molecule has 1 aliphatic heterocycles. The summed E-state index contributed by atoms with van der Waals surface area (Å²) >= 11 is 0. The van der Waals surface area contributed by atoms with Gasteiger partial charge in [0.2, 0.25) is 5.91 Å². The molecule has 142 valence electrons. The molecule has 3 rings (SSSR count). The van der Waals surface area contributed by atoms with Crippen LogP contribution >= 0.6 is 0 Å². The second-order valence-electron chi connectivity index (χ2n) is 6.14. The molecule has 0 radical (unpaired) electrons. The SMILES string of the molecule is COc1ccc(C2CC(C(=O)Nc3ccccc3C(N)=O)NN2)c(OC)c1. The number of primary amides is 1. The summed E-state index contributed by atoms with van der Waals surface area (Å²) in [7, 11) is 3.18. The number of hydrogen-bond acceptors (Lipinski definition) is 6. The van der Waals surface area contributed by atoms with Crippen molar-refractivity contribution < 1.29 is 19.1 Å². The highest BCUT2D eigenvalue weighted by atomic mass is 16.5. The molecule has 2 aromatic carbocycles. The molecule has 27 heavy (non-hydrogen) atoms. The lowest BCUT2D eigenvalue weighted by Crippen LogP contribution is -2.39. The van der Waals surface area contributed by atoms with Gasteiger partial charge in [-0.3, -0.25) is 9.59 Å². The molecule has 0 saturated carbocycles. The molecule has 8 heteroatoms. The number of amides is 2. The molecule has 8 nitrogen and oxygen atoms in total. The third-order valence-electron chi connectivity index (χ3n) is 4.49. The number of methoxy groups -OCH3 is 2. The van der Waals surface area contributed by atoms with Crippen molar-refractivity contribution in [3.8, 4) is 11.5 Å². The predicted molar refractivity (Wildman–Crippen MR) is 101 cm³/mol. The van der Waals surface area contributed by atoms with Gasteiger partial charge in [-0.2, -0.15) is 0 Å². The van der Waals surface area contributed by atoms with Gasteiger partial charge in [0, 0.05) is 11.6 Å². The second kappa shape index (κ2) is 8.07. The van der Waals surface area contributed by atoms with E-state index >= 15 is 0 Å². The minimum atomic E-state index is -0.593. The van der Waals surface area contributed by atoms with E-state index in [0.717, 1.165) is 5.56 Å². The summed E-state index contributed by atoms with van der Waals surface area (Å²) in [6, 6.07) is 11.6. The van der Waals surface area contributed by atoms with E-state index in [1.54, 1.807) is 44.6 Å². The first kappa shape index (κ1) is 18.7. The van der Waals surface area contributed by atoms with Gasteiger partial charge < -0.3 is 20.5 Å². The topological polar surface area (TPSA) is 115 Å². The smallest absolute Gasteiger partial charge is 0.250 e. The lowest BCUT2D eigenvalue weighted by atomic mass is 10.0. The van der Waals surface area contributed by atoms with E-state index in [1.807, 2.05) is 12.1 Å². The Bertz CT molecular complexity index is 855. The van der Waals surface area contributed by atoms with E-state index < -0.39 is 11.9 Å². The fraction of sp³-hybridized carbons (Fsp3) is 0.263. The van der Waals surface area contributed by atoms with Crippen molar-refractivity contribution in [1.82, 2.24) is 10.9 Å². The summed E-state index contributed by atoms with van der Waals surface area (Å²) in [5, 5.41) is 2.76. The fourth-order valence-electron chi connectivity index (χ4n) is 3.07. The Morgan fingerprint density at radius 1 is 1.11 bits per heavy atom. The summed E-state index contributed by atoms with van der Waals surface area (Å²) in [6.45, 7) is 0. The first-order chi connectivity index (χ1) is 13.0. The van der Waals surface area contributed by atoms with Crippen LogP contribution in [0.3, 0.4) is 0 Å². The molecule has 1 saturated heterocycles. The minimum Gasteiger partial charge on any atom is -0.497 e. The average molecular weight is 370 g/mol. The zero-order valence-electron chi connectivity index (χ0n) is 15.1. The van der Waals surface area contributed by atoms with E-state index in [-0.39, 0.29) is 17.5 Å². The van der Waals surface area contributed by atoms with Crippen molar-refractivity contribution in [3.05, 3.63) is 53.6 Å². The van der Waals surface area contributed by atoms with Gasteiger partial charge in [-0.25, -0.2) is 10.9 Å². The first-order valence-electron chi connectivity index (χ1n) is 8.46. The minimum absolute atomic E-state index is 0.118. The Morgan fingerprint density at radius 2 is 1.89 bits per heavy atom. The highest BCUT2D eigenvalue weighted by Gasteiger charge is 2.32. The van der Waals surface area contributed by atoms with Crippen LogP contribution in [0.25, 0.3) is 0 Å². The van der Waals surface area contributed by atoms with Crippen LogP contribution in [0.15, 0.2) is 42.5 Å². The van der Waals surface area contributed by atoms with E-state index in [2.05, 4.69) is 16.2 Å². The lowest BCUT2D eigenvalue weighted by Gasteiger charge is -2.15. The fourth-order valence-corrected chi connectivity index (χ4v) is 3.07. The van der Waals surface area contributed by atoms with Crippen molar-refractivity contribution in [3.63, 3.8) is 0 Å². The van der Waals surface area contributed by atoms with Crippen LogP contribution in [-0.4, -0.2) is 32.1 Å². The molecular formula is C19H22N4O4. The molecule has 0 spiro atoms. The summed E-state index contributed by atoms with van der Waals surface area (Å²) in [6.07, 6.45) is 0.507. The number of ether oxygens (including phenoxy) is 2. The number of rotatable bonds is 6. The van der Waals surface area contributed by atoms with Crippen LogP contribution < -0.4 is 31.4 Å². The zero-order valence-corrected chi connectivity index (χ0v) is 15.1. The van der Waals surface area contributed by atoms with Crippen molar-refractivity contribution in [2.45, 2.75) is 18.5 Å². The van der Waals surface area contributed by atoms with Gasteiger partial charge >= 0.3 is 0 Å².